The molecule has 0 spiro atoms. The lowest BCUT2D eigenvalue weighted by Crippen LogP contribution is -2.60. The van der Waals surface area contributed by atoms with Crippen molar-refractivity contribution in [3.05, 3.63) is 41.5 Å². The number of hydrogen-bond acceptors (Lipinski definition) is 6. The summed E-state index contributed by atoms with van der Waals surface area (Å²) in [5.41, 5.74) is 0.405. The SMILES string of the molecule is C=CC(=O)N1CC(NC(=O)c2cnc(CNc3nc([Si](C)C)c(Cl)cc3O)n2C)C1. The fourth-order valence-electron chi connectivity index (χ4n) is 3.08. The summed E-state index contributed by atoms with van der Waals surface area (Å²) in [7, 11) is 0.848. The van der Waals surface area contributed by atoms with Crippen LogP contribution in [0.4, 0.5) is 5.82 Å². The maximum absolute atomic E-state index is 12.5. The average molecular weight is 448 g/mol. The molecule has 0 unspecified atom stereocenters. The molecule has 1 fully saturated rings. The highest BCUT2D eigenvalue weighted by atomic mass is 35.5. The third-order valence-corrected chi connectivity index (χ3v) is 6.64. The number of halogens is 1. The number of imidazole rings is 1. The predicted molar refractivity (Wildman–Crippen MR) is 117 cm³/mol. The molecule has 1 saturated heterocycles. The van der Waals surface area contributed by atoms with E-state index in [4.69, 9.17) is 11.6 Å². The number of hydrogen-bond donors (Lipinski definition) is 3. The second kappa shape index (κ2) is 8.88. The molecule has 3 heterocycles. The number of rotatable bonds is 7. The van der Waals surface area contributed by atoms with Crippen molar-refractivity contribution in [1.82, 2.24) is 24.8 Å². The minimum Gasteiger partial charge on any atom is -0.504 e. The van der Waals surface area contributed by atoms with Crippen LogP contribution in [0.3, 0.4) is 0 Å². The first-order chi connectivity index (χ1) is 14.2. The maximum atomic E-state index is 12.5. The highest BCUT2D eigenvalue weighted by Crippen LogP contribution is 2.23. The molecule has 0 atom stereocenters. The number of aromatic nitrogens is 3. The summed E-state index contributed by atoms with van der Waals surface area (Å²) in [4.78, 5) is 34.4. The minimum absolute atomic E-state index is 0.0391. The average Bonchev–Trinajstić information content (AvgIpc) is 3.03. The van der Waals surface area contributed by atoms with Crippen molar-refractivity contribution in [3.8, 4) is 5.75 Å². The lowest BCUT2D eigenvalue weighted by Gasteiger charge is -2.38. The lowest BCUT2D eigenvalue weighted by molar-refractivity contribution is -0.130. The van der Waals surface area contributed by atoms with Crippen LogP contribution in [0.15, 0.2) is 24.9 Å². The molecule has 0 aliphatic carbocycles. The van der Waals surface area contributed by atoms with E-state index in [9.17, 15) is 14.7 Å². The van der Waals surface area contributed by atoms with Crippen molar-refractivity contribution in [1.29, 1.82) is 0 Å². The van der Waals surface area contributed by atoms with Crippen LogP contribution in [0.2, 0.25) is 18.1 Å². The molecule has 3 rings (SSSR count). The summed E-state index contributed by atoms with van der Waals surface area (Å²) in [5.74, 6) is 0.495. The molecular weight excluding hydrogens is 424 g/mol. The molecule has 3 N–H and O–H groups in total. The first kappa shape index (κ1) is 21.8. The van der Waals surface area contributed by atoms with Gasteiger partial charge in [0.05, 0.1) is 23.8 Å². The van der Waals surface area contributed by atoms with E-state index in [1.54, 1.807) is 16.5 Å². The molecule has 159 valence electrons. The molecule has 1 aliphatic heterocycles. The zero-order valence-electron chi connectivity index (χ0n) is 17.1. The van der Waals surface area contributed by atoms with Gasteiger partial charge in [0.2, 0.25) is 5.91 Å². The Hall–Kier alpha value is -2.85. The second-order valence-corrected chi connectivity index (χ2v) is 10.2. The van der Waals surface area contributed by atoms with Crippen LogP contribution in [0.25, 0.3) is 0 Å². The number of nitrogens with one attached hydrogen (secondary N) is 2. The Balaban J connectivity index is 1.62. The van der Waals surface area contributed by atoms with Gasteiger partial charge < -0.3 is 25.2 Å². The molecule has 1 radical (unpaired) electrons. The van der Waals surface area contributed by atoms with Gasteiger partial charge in [0.1, 0.15) is 20.3 Å². The van der Waals surface area contributed by atoms with Crippen LogP contribution in [-0.2, 0) is 18.4 Å². The van der Waals surface area contributed by atoms with Gasteiger partial charge in [-0.15, -0.1) is 0 Å². The van der Waals surface area contributed by atoms with Crippen LogP contribution >= 0.6 is 11.6 Å². The van der Waals surface area contributed by atoms with E-state index < -0.39 is 8.80 Å². The van der Waals surface area contributed by atoms with E-state index in [2.05, 4.69) is 40.3 Å². The van der Waals surface area contributed by atoms with Crippen LogP contribution < -0.4 is 16.0 Å². The van der Waals surface area contributed by atoms with E-state index in [-0.39, 0.29) is 30.2 Å². The zero-order chi connectivity index (χ0) is 22.0. The van der Waals surface area contributed by atoms with Gasteiger partial charge in [0.25, 0.3) is 5.91 Å². The third kappa shape index (κ3) is 4.49. The summed E-state index contributed by atoms with van der Waals surface area (Å²) in [5, 5.41) is 17.3. The number of nitrogens with zero attached hydrogens (tertiary/aromatic N) is 4. The maximum Gasteiger partial charge on any atom is 0.269 e. The van der Waals surface area contributed by atoms with Gasteiger partial charge in [-0.1, -0.05) is 31.3 Å². The van der Waals surface area contributed by atoms with Crippen LogP contribution in [0.5, 0.6) is 5.75 Å². The van der Waals surface area contributed by atoms with E-state index in [0.29, 0.717) is 35.4 Å². The van der Waals surface area contributed by atoms with Crippen molar-refractivity contribution in [3.63, 3.8) is 0 Å². The predicted octanol–water partition coefficient (Wildman–Crippen LogP) is 0.874. The van der Waals surface area contributed by atoms with Gasteiger partial charge in [-0.2, -0.15) is 0 Å². The summed E-state index contributed by atoms with van der Waals surface area (Å²) in [6.07, 6.45) is 2.76. The second-order valence-electron chi connectivity index (χ2n) is 7.28. The Labute approximate surface area is 181 Å². The molecular formula is C19H24ClN6O3Si. The summed E-state index contributed by atoms with van der Waals surface area (Å²) in [6, 6.07) is 1.39. The van der Waals surface area contributed by atoms with Gasteiger partial charge in [0, 0.05) is 31.5 Å². The summed E-state index contributed by atoms with van der Waals surface area (Å²) >= 11 is 6.16. The van der Waals surface area contributed by atoms with Crippen LogP contribution in [0.1, 0.15) is 16.3 Å². The van der Waals surface area contributed by atoms with Crippen molar-refractivity contribution < 1.29 is 14.7 Å². The molecule has 1 aliphatic rings. The molecule has 9 nitrogen and oxygen atoms in total. The van der Waals surface area contributed by atoms with E-state index in [1.807, 2.05) is 0 Å². The van der Waals surface area contributed by atoms with Gasteiger partial charge >= 0.3 is 0 Å². The van der Waals surface area contributed by atoms with E-state index >= 15 is 0 Å². The Morgan fingerprint density at radius 1 is 1.43 bits per heavy atom. The summed E-state index contributed by atoms with van der Waals surface area (Å²) < 4.78 is 1.68. The number of aromatic hydroxyl groups is 1. The fraction of sp³-hybridized carbons (Fsp3) is 0.368. The van der Waals surface area contributed by atoms with E-state index in [1.165, 1.54) is 18.3 Å². The zero-order valence-corrected chi connectivity index (χ0v) is 18.8. The van der Waals surface area contributed by atoms with Gasteiger partial charge in [-0.3, -0.25) is 9.59 Å². The van der Waals surface area contributed by atoms with E-state index in [0.717, 1.165) is 5.32 Å². The monoisotopic (exact) mass is 447 g/mol. The molecule has 0 saturated carbocycles. The molecule has 0 bridgehead atoms. The topological polar surface area (TPSA) is 112 Å². The third-order valence-electron chi connectivity index (χ3n) is 4.86. The number of carbonyl (C=O) groups excluding carboxylic acids is 2. The largest absolute Gasteiger partial charge is 0.504 e. The van der Waals surface area contributed by atoms with Crippen molar-refractivity contribution in [2.75, 3.05) is 18.4 Å². The first-order valence-corrected chi connectivity index (χ1v) is 12.3. The standard InChI is InChI=1S/C19H24ClN6O3Si/c1-5-16(28)26-9-11(10-26)23-18(29)13-7-21-15(25(13)2)8-22-17-14(27)6-12(20)19(24-17)30(3)4/h5-7,11,27H,1,8-10H2,2-4H3,(H,22,24)(H,23,29). The fourth-order valence-corrected chi connectivity index (χ4v) is 4.68. The number of carbonyl (C=O) groups is 2. The number of anilines is 1. The number of likely N-dealkylation sites (tertiary alicyclic amines) is 1. The Morgan fingerprint density at radius 2 is 2.13 bits per heavy atom. The Kier molecular flexibility index (Phi) is 6.47. The minimum atomic E-state index is -0.895. The highest BCUT2D eigenvalue weighted by molar-refractivity contribution is 6.72. The normalized spacial score (nSPS) is 13.8. The highest BCUT2D eigenvalue weighted by Gasteiger charge is 2.31. The molecule has 11 heteroatoms. The van der Waals surface area contributed by atoms with Gasteiger partial charge in [-0.25, -0.2) is 9.97 Å². The summed E-state index contributed by atoms with van der Waals surface area (Å²) in [6.45, 7) is 8.78. The number of amides is 2. The first-order valence-electron chi connectivity index (χ1n) is 9.38. The molecule has 2 aromatic rings. The van der Waals surface area contributed by atoms with Crippen molar-refractivity contribution >= 4 is 43.3 Å². The van der Waals surface area contributed by atoms with Crippen molar-refractivity contribution in [2.45, 2.75) is 25.7 Å². The van der Waals surface area contributed by atoms with Gasteiger partial charge in [-0.05, 0) is 6.08 Å². The molecule has 2 aromatic heterocycles. The lowest BCUT2D eigenvalue weighted by atomic mass is 10.1. The Morgan fingerprint density at radius 3 is 2.77 bits per heavy atom. The van der Waals surface area contributed by atoms with Crippen LogP contribution in [-0.4, -0.2) is 64.3 Å². The smallest absolute Gasteiger partial charge is 0.269 e. The quantitative estimate of drug-likeness (QED) is 0.429. The Bertz CT molecular complexity index is 987. The molecule has 30 heavy (non-hydrogen) atoms. The van der Waals surface area contributed by atoms with Gasteiger partial charge in [0.15, 0.2) is 11.6 Å². The van der Waals surface area contributed by atoms with Crippen LogP contribution in [0, 0.1) is 0 Å². The number of pyridine rings is 1. The molecule has 0 aromatic carbocycles. The van der Waals surface area contributed by atoms with Crippen molar-refractivity contribution in [2.24, 2.45) is 7.05 Å². The molecule has 2 amide bonds.